The first kappa shape index (κ1) is 6.53. The van der Waals surface area contributed by atoms with Crippen LogP contribution in [0.25, 0.3) is 0 Å². The highest BCUT2D eigenvalue weighted by atomic mass is 14.9. The van der Waals surface area contributed by atoms with E-state index in [1.807, 2.05) is 12.1 Å². The van der Waals surface area contributed by atoms with Crippen LogP contribution < -0.4 is 11.1 Å². The molecule has 3 N–H and O–H groups in total. The Hall–Kier alpha value is -1.18. The molecular formula is C9H12N2. The van der Waals surface area contributed by atoms with Crippen molar-refractivity contribution in [3.8, 4) is 0 Å². The second kappa shape index (κ2) is 2.16. The first-order chi connectivity index (χ1) is 5.27. The Morgan fingerprint density at radius 2 is 2.36 bits per heavy atom. The lowest BCUT2D eigenvalue weighted by molar-refractivity contribution is 0.854. The van der Waals surface area contributed by atoms with Crippen LogP contribution in [0.1, 0.15) is 18.4 Å². The third-order valence-electron chi connectivity index (χ3n) is 2.21. The zero-order valence-corrected chi connectivity index (χ0v) is 6.59. The second-order valence-electron chi connectivity index (χ2n) is 3.13. The number of nitrogen functional groups attached to an aromatic ring is 1. The molecule has 1 aliphatic heterocycles. The fourth-order valence-electron chi connectivity index (χ4n) is 1.52. The van der Waals surface area contributed by atoms with Crippen LogP contribution in [0.15, 0.2) is 18.2 Å². The minimum atomic E-state index is 0.605. The molecule has 2 nitrogen and oxygen atoms in total. The third-order valence-corrected chi connectivity index (χ3v) is 2.21. The van der Waals surface area contributed by atoms with Gasteiger partial charge in [0.15, 0.2) is 0 Å². The van der Waals surface area contributed by atoms with Gasteiger partial charge in [0, 0.05) is 23.8 Å². The summed E-state index contributed by atoms with van der Waals surface area (Å²) in [6, 6.07) is 6.04. The molecule has 0 saturated carbocycles. The van der Waals surface area contributed by atoms with Crippen LogP contribution in [0, 0.1) is 0 Å². The monoisotopic (exact) mass is 148 g/mol. The molecule has 2 rings (SSSR count). The van der Waals surface area contributed by atoms with Crippen molar-refractivity contribution in [3.05, 3.63) is 23.8 Å². The van der Waals surface area contributed by atoms with Gasteiger partial charge in [-0.2, -0.15) is 0 Å². The van der Waals surface area contributed by atoms with Crippen molar-refractivity contribution >= 4 is 11.4 Å². The van der Waals surface area contributed by atoms with E-state index < -0.39 is 0 Å². The molecule has 0 bridgehead atoms. The summed E-state index contributed by atoms with van der Waals surface area (Å²) in [5, 5.41) is 3.32. The molecular weight excluding hydrogens is 136 g/mol. The minimum absolute atomic E-state index is 0.605. The topological polar surface area (TPSA) is 38.0 Å². The maximum Gasteiger partial charge on any atom is 0.0377 e. The maximum absolute atomic E-state index is 5.67. The molecule has 0 spiro atoms. The lowest BCUT2D eigenvalue weighted by Gasteiger charge is -2.02. The molecule has 0 unspecified atom stereocenters. The van der Waals surface area contributed by atoms with Gasteiger partial charge in [-0.15, -0.1) is 0 Å². The fraction of sp³-hybridized carbons (Fsp3) is 0.333. The van der Waals surface area contributed by atoms with Crippen LogP contribution in [0.5, 0.6) is 0 Å². The van der Waals surface area contributed by atoms with E-state index in [0.29, 0.717) is 5.92 Å². The van der Waals surface area contributed by atoms with Crippen LogP contribution >= 0.6 is 0 Å². The number of hydrogen-bond donors (Lipinski definition) is 2. The van der Waals surface area contributed by atoms with E-state index in [-0.39, 0.29) is 0 Å². The van der Waals surface area contributed by atoms with Gasteiger partial charge in [-0.05, 0) is 23.8 Å². The van der Waals surface area contributed by atoms with Crippen molar-refractivity contribution in [2.45, 2.75) is 12.8 Å². The van der Waals surface area contributed by atoms with E-state index in [1.54, 1.807) is 0 Å². The van der Waals surface area contributed by atoms with E-state index in [1.165, 1.54) is 11.3 Å². The summed E-state index contributed by atoms with van der Waals surface area (Å²) in [5.41, 5.74) is 9.12. The van der Waals surface area contributed by atoms with Gasteiger partial charge < -0.3 is 11.1 Å². The van der Waals surface area contributed by atoms with E-state index in [2.05, 4.69) is 18.3 Å². The largest absolute Gasteiger partial charge is 0.399 e. The minimum Gasteiger partial charge on any atom is -0.399 e. The number of nitrogens with one attached hydrogen (secondary N) is 1. The molecule has 11 heavy (non-hydrogen) atoms. The van der Waals surface area contributed by atoms with Crippen molar-refractivity contribution in [1.29, 1.82) is 0 Å². The predicted octanol–water partition coefficient (Wildman–Crippen LogP) is 1.80. The molecule has 0 amide bonds. The van der Waals surface area contributed by atoms with Crippen molar-refractivity contribution in [3.63, 3.8) is 0 Å². The van der Waals surface area contributed by atoms with Crippen molar-refractivity contribution in [2.24, 2.45) is 0 Å². The SMILES string of the molecule is C[C@@H]1CNc2ccc(N)cc21. The quantitative estimate of drug-likeness (QED) is 0.550. The van der Waals surface area contributed by atoms with Gasteiger partial charge in [0.25, 0.3) is 0 Å². The van der Waals surface area contributed by atoms with Gasteiger partial charge in [0.05, 0.1) is 0 Å². The Morgan fingerprint density at radius 1 is 1.55 bits per heavy atom. The number of benzene rings is 1. The highest BCUT2D eigenvalue weighted by Crippen LogP contribution is 2.31. The predicted molar refractivity (Wildman–Crippen MR) is 47.8 cm³/mol. The van der Waals surface area contributed by atoms with Crippen LogP contribution in [0.4, 0.5) is 11.4 Å². The highest BCUT2D eigenvalue weighted by Gasteiger charge is 2.16. The van der Waals surface area contributed by atoms with E-state index in [4.69, 9.17) is 5.73 Å². The lowest BCUT2D eigenvalue weighted by Crippen LogP contribution is -1.95. The van der Waals surface area contributed by atoms with Gasteiger partial charge in [-0.25, -0.2) is 0 Å². The average Bonchev–Trinajstić information content (AvgIpc) is 2.33. The molecule has 1 atom stereocenters. The summed E-state index contributed by atoms with van der Waals surface area (Å²) in [4.78, 5) is 0. The highest BCUT2D eigenvalue weighted by molar-refractivity contribution is 5.62. The third kappa shape index (κ3) is 0.946. The standard InChI is InChI=1S/C9H12N2/c1-6-5-11-9-3-2-7(10)4-8(6)9/h2-4,6,11H,5,10H2,1H3/t6-/m1/s1. The number of hydrogen-bond acceptors (Lipinski definition) is 2. The summed E-state index contributed by atoms with van der Waals surface area (Å²) in [5.74, 6) is 0.605. The number of nitrogens with two attached hydrogens (primary N) is 1. The zero-order valence-electron chi connectivity index (χ0n) is 6.59. The molecule has 1 aromatic carbocycles. The maximum atomic E-state index is 5.67. The molecule has 1 heterocycles. The Labute approximate surface area is 66.4 Å². The van der Waals surface area contributed by atoms with E-state index in [9.17, 15) is 0 Å². The molecule has 1 aliphatic rings. The summed E-state index contributed by atoms with van der Waals surface area (Å²) < 4.78 is 0. The lowest BCUT2D eigenvalue weighted by atomic mass is 10.0. The molecule has 58 valence electrons. The second-order valence-corrected chi connectivity index (χ2v) is 3.13. The molecule has 0 saturated heterocycles. The van der Waals surface area contributed by atoms with Gasteiger partial charge in [0.1, 0.15) is 0 Å². The number of fused-ring (bicyclic) bond motifs is 1. The summed E-state index contributed by atoms with van der Waals surface area (Å²) in [6.45, 7) is 3.25. The number of rotatable bonds is 0. The molecule has 0 radical (unpaired) electrons. The normalized spacial score (nSPS) is 21.0. The van der Waals surface area contributed by atoms with Crippen molar-refractivity contribution in [2.75, 3.05) is 17.6 Å². The zero-order chi connectivity index (χ0) is 7.84. The fourth-order valence-corrected chi connectivity index (χ4v) is 1.52. The average molecular weight is 148 g/mol. The summed E-state index contributed by atoms with van der Waals surface area (Å²) >= 11 is 0. The van der Waals surface area contributed by atoms with E-state index >= 15 is 0 Å². The number of anilines is 2. The van der Waals surface area contributed by atoms with Crippen LogP contribution in [-0.2, 0) is 0 Å². The molecule has 0 fully saturated rings. The molecule has 1 aromatic rings. The molecule has 2 heteroatoms. The smallest absolute Gasteiger partial charge is 0.0377 e. The summed E-state index contributed by atoms with van der Waals surface area (Å²) in [7, 11) is 0. The molecule has 0 aromatic heterocycles. The van der Waals surface area contributed by atoms with Crippen LogP contribution in [-0.4, -0.2) is 6.54 Å². The van der Waals surface area contributed by atoms with Gasteiger partial charge >= 0.3 is 0 Å². The van der Waals surface area contributed by atoms with E-state index in [0.717, 1.165) is 12.2 Å². The van der Waals surface area contributed by atoms with Crippen LogP contribution in [0.2, 0.25) is 0 Å². The Balaban J connectivity index is 2.52. The Kier molecular flexibility index (Phi) is 1.28. The van der Waals surface area contributed by atoms with Gasteiger partial charge in [-0.3, -0.25) is 0 Å². The van der Waals surface area contributed by atoms with Crippen molar-refractivity contribution in [1.82, 2.24) is 0 Å². The van der Waals surface area contributed by atoms with Gasteiger partial charge in [0.2, 0.25) is 0 Å². The Morgan fingerprint density at radius 3 is 3.18 bits per heavy atom. The Bertz CT molecular complexity index is 281. The van der Waals surface area contributed by atoms with Gasteiger partial charge in [-0.1, -0.05) is 6.92 Å². The van der Waals surface area contributed by atoms with Crippen molar-refractivity contribution < 1.29 is 0 Å². The summed E-state index contributed by atoms with van der Waals surface area (Å²) in [6.07, 6.45) is 0. The first-order valence-electron chi connectivity index (χ1n) is 3.90. The van der Waals surface area contributed by atoms with Crippen LogP contribution in [0.3, 0.4) is 0 Å². The first-order valence-corrected chi connectivity index (χ1v) is 3.90. The molecule has 0 aliphatic carbocycles.